The van der Waals surface area contributed by atoms with Gasteiger partial charge in [0, 0.05) is 22.6 Å². The number of hydrogen-bond acceptors (Lipinski definition) is 2. The van der Waals surface area contributed by atoms with E-state index in [9.17, 15) is 4.79 Å². The van der Waals surface area contributed by atoms with Crippen molar-refractivity contribution in [1.82, 2.24) is 0 Å². The maximum absolute atomic E-state index is 12.4. The average Bonchev–Trinajstić information content (AvgIpc) is 2.92. The molecule has 3 nitrogen and oxygen atoms in total. The van der Waals surface area contributed by atoms with E-state index in [2.05, 4.69) is 15.9 Å². The number of para-hydroxylation sites is 1. The van der Waals surface area contributed by atoms with Crippen LogP contribution in [0.3, 0.4) is 0 Å². The predicted molar refractivity (Wildman–Crippen MR) is 83.1 cm³/mol. The minimum atomic E-state index is -0.167. The third-order valence-corrected chi connectivity index (χ3v) is 3.86. The van der Waals surface area contributed by atoms with Gasteiger partial charge in [-0.15, -0.1) is 0 Å². The molecule has 0 saturated heterocycles. The molecule has 1 aromatic heterocycles. The lowest BCUT2D eigenvalue weighted by molar-refractivity contribution is 0.0968. The zero-order valence-corrected chi connectivity index (χ0v) is 12.4. The van der Waals surface area contributed by atoms with Crippen molar-refractivity contribution >= 4 is 38.5 Å². The molecule has 100 valence electrons. The molecule has 0 radical (unpaired) electrons. The molecule has 2 aromatic carbocycles. The van der Waals surface area contributed by atoms with Gasteiger partial charge in [-0.05, 0) is 30.3 Å². The third-order valence-electron chi connectivity index (χ3n) is 3.17. The number of benzene rings is 2. The summed E-state index contributed by atoms with van der Waals surface area (Å²) in [5, 5.41) is 0.900. The van der Waals surface area contributed by atoms with E-state index in [1.165, 1.54) is 0 Å². The Morgan fingerprint density at radius 2 is 1.85 bits per heavy atom. The van der Waals surface area contributed by atoms with Gasteiger partial charge < -0.3 is 9.32 Å². The van der Waals surface area contributed by atoms with E-state index in [4.69, 9.17) is 4.42 Å². The zero-order chi connectivity index (χ0) is 14.1. The maximum atomic E-state index is 12.4. The van der Waals surface area contributed by atoms with Gasteiger partial charge in [0.25, 0.3) is 5.91 Å². The second-order valence-corrected chi connectivity index (χ2v) is 5.32. The van der Waals surface area contributed by atoms with Gasteiger partial charge >= 0.3 is 0 Å². The van der Waals surface area contributed by atoms with Gasteiger partial charge in [0.15, 0.2) is 5.76 Å². The molecule has 0 unspecified atom stereocenters. The predicted octanol–water partition coefficient (Wildman–Crippen LogP) is 4.47. The summed E-state index contributed by atoms with van der Waals surface area (Å²) in [5.41, 5.74) is 1.53. The normalized spacial score (nSPS) is 10.7. The first kappa shape index (κ1) is 12.9. The van der Waals surface area contributed by atoms with E-state index < -0.39 is 0 Å². The van der Waals surface area contributed by atoms with Crippen LogP contribution < -0.4 is 4.90 Å². The quantitative estimate of drug-likeness (QED) is 0.694. The first-order valence-electron chi connectivity index (χ1n) is 6.18. The van der Waals surface area contributed by atoms with Crippen LogP contribution >= 0.6 is 15.9 Å². The van der Waals surface area contributed by atoms with Crippen LogP contribution in [0.15, 0.2) is 63.5 Å². The summed E-state index contributed by atoms with van der Waals surface area (Å²) in [6.45, 7) is 0. The molecule has 0 spiro atoms. The van der Waals surface area contributed by atoms with Crippen LogP contribution in [-0.4, -0.2) is 13.0 Å². The Kier molecular flexibility index (Phi) is 3.32. The van der Waals surface area contributed by atoms with Crippen molar-refractivity contribution in [3.8, 4) is 0 Å². The zero-order valence-electron chi connectivity index (χ0n) is 10.8. The number of furan rings is 1. The number of fused-ring (bicyclic) bond motifs is 1. The van der Waals surface area contributed by atoms with E-state index in [0.717, 1.165) is 15.5 Å². The molecule has 3 rings (SSSR count). The maximum Gasteiger partial charge on any atom is 0.293 e. The molecule has 0 aliphatic rings. The van der Waals surface area contributed by atoms with Crippen molar-refractivity contribution in [3.63, 3.8) is 0 Å². The number of rotatable bonds is 2. The average molecular weight is 330 g/mol. The van der Waals surface area contributed by atoms with Crippen LogP contribution in [0.25, 0.3) is 11.0 Å². The van der Waals surface area contributed by atoms with E-state index in [-0.39, 0.29) is 5.91 Å². The fourth-order valence-electron chi connectivity index (χ4n) is 2.06. The van der Waals surface area contributed by atoms with Crippen molar-refractivity contribution in [2.24, 2.45) is 0 Å². The monoisotopic (exact) mass is 329 g/mol. The van der Waals surface area contributed by atoms with Gasteiger partial charge in [-0.3, -0.25) is 4.79 Å². The molecule has 3 aromatic rings. The van der Waals surface area contributed by atoms with Crippen molar-refractivity contribution in [2.45, 2.75) is 0 Å². The lowest BCUT2D eigenvalue weighted by atomic mass is 10.2. The van der Waals surface area contributed by atoms with Crippen molar-refractivity contribution in [3.05, 3.63) is 64.8 Å². The van der Waals surface area contributed by atoms with Gasteiger partial charge in [0.2, 0.25) is 0 Å². The van der Waals surface area contributed by atoms with E-state index in [1.54, 1.807) is 18.0 Å². The summed E-state index contributed by atoms with van der Waals surface area (Å²) in [6.07, 6.45) is 0. The van der Waals surface area contributed by atoms with Crippen molar-refractivity contribution < 1.29 is 9.21 Å². The minimum absolute atomic E-state index is 0.167. The summed E-state index contributed by atoms with van der Waals surface area (Å²) in [6, 6.07) is 16.9. The fourth-order valence-corrected chi connectivity index (χ4v) is 2.53. The molecule has 1 amide bonds. The topological polar surface area (TPSA) is 33.5 Å². The summed E-state index contributed by atoms with van der Waals surface area (Å²) in [5.74, 6) is 0.164. The molecule has 1 heterocycles. The first-order chi connectivity index (χ1) is 9.66. The van der Waals surface area contributed by atoms with Gasteiger partial charge in [-0.1, -0.05) is 40.2 Å². The second kappa shape index (κ2) is 5.13. The standard InChI is InChI=1S/C16H12BrNO2/c1-18(11-6-3-2-4-7-11)16(19)15-10-12-13(17)8-5-9-14(12)20-15/h2-10H,1H3. The Morgan fingerprint density at radius 1 is 1.10 bits per heavy atom. The molecule has 0 aliphatic heterocycles. The van der Waals surface area contributed by atoms with Crippen LogP contribution in [0.4, 0.5) is 5.69 Å². The molecule has 0 N–H and O–H groups in total. The Labute approximate surface area is 124 Å². The lowest BCUT2D eigenvalue weighted by Gasteiger charge is -2.15. The van der Waals surface area contributed by atoms with E-state index >= 15 is 0 Å². The molecule has 4 heteroatoms. The van der Waals surface area contributed by atoms with Gasteiger partial charge in [0.05, 0.1) is 0 Å². The van der Waals surface area contributed by atoms with Crippen LogP contribution in [0.1, 0.15) is 10.6 Å². The number of carbonyl (C=O) groups is 1. The smallest absolute Gasteiger partial charge is 0.293 e. The van der Waals surface area contributed by atoms with Gasteiger partial charge in [-0.2, -0.15) is 0 Å². The molecule has 0 fully saturated rings. The number of amides is 1. The first-order valence-corrected chi connectivity index (χ1v) is 6.97. The van der Waals surface area contributed by atoms with E-state index in [0.29, 0.717) is 11.3 Å². The number of carbonyl (C=O) groups excluding carboxylic acids is 1. The summed E-state index contributed by atoms with van der Waals surface area (Å²) < 4.78 is 6.55. The highest BCUT2D eigenvalue weighted by atomic mass is 79.9. The van der Waals surface area contributed by atoms with Crippen LogP contribution in [-0.2, 0) is 0 Å². The number of halogens is 1. The minimum Gasteiger partial charge on any atom is -0.451 e. The van der Waals surface area contributed by atoms with Gasteiger partial charge in [-0.25, -0.2) is 0 Å². The summed E-state index contributed by atoms with van der Waals surface area (Å²) in [4.78, 5) is 14.0. The molecule has 0 bridgehead atoms. The lowest BCUT2D eigenvalue weighted by Crippen LogP contribution is -2.25. The molecule has 0 aliphatic carbocycles. The highest BCUT2D eigenvalue weighted by Crippen LogP contribution is 2.28. The number of nitrogens with zero attached hydrogens (tertiary/aromatic N) is 1. The molecular formula is C16H12BrNO2. The SMILES string of the molecule is CN(C(=O)c1cc2c(Br)cccc2o1)c1ccccc1. The number of hydrogen-bond donors (Lipinski definition) is 0. The van der Waals surface area contributed by atoms with E-state index in [1.807, 2.05) is 48.5 Å². The Balaban J connectivity index is 1.99. The molecule has 0 atom stereocenters. The van der Waals surface area contributed by atoms with Crippen LogP contribution in [0, 0.1) is 0 Å². The van der Waals surface area contributed by atoms with Crippen LogP contribution in [0.5, 0.6) is 0 Å². The Hall–Kier alpha value is -2.07. The van der Waals surface area contributed by atoms with Crippen molar-refractivity contribution in [1.29, 1.82) is 0 Å². The second-order valence-electron chi connectivity index (χ2n) is 4.46. The molecule has 20 heavy (non-hydrogen) atoms. The molecule has 0 saturated carbocycles. The fraction of sp³-hybridized carbons (Fsp3) is 0.0625. The largest absolute Gasteiger partial charge is 0.451 e. The third kappa shape index (κ3) is 2.23. The summed E-state index contributed by atoms with van der Waals surface area (Å²) >= 11 is 3.46. The Morgan fingerprint density at radius 3 is 2.55 bits per heavy atom. The van der Waals surface area contributed by atoms with Crippen molar-refractivity contribution in [2.75, 3.05) is 11.9 Å². The van der Waals surface area contributed by atoms with Crippen LogP contribution in [0.2, 0.25) is 0 Å². The molecular weight excluding hydrogens is 318 g/mol. The highest BCUT2D eigenvalue weighted by molar-refractivity contribution is 9.10. The summed E-state index contributed by atoms with van der Waals surface area (Å²) in [7, 11) is 1.74. The Bertz CT molecular complexity index is 765. The van der Waals surface area contributed by atoms with Gasteiger partial charge in [0.1, 0.15) is 5.58 Å². The number of anilines is 1. The highest BCUT2D eigenvalue weighted by Gasteiger charge is 2.18.